The van der Waals surface area contributed by atoms with Gasteiger partial charge >= 0.3 is 0 Å². The molecular weight excluding hydrogens is 253 g/mol. The minimum absolute atomic E-state index is 0.238. The van der Waals surface area contributed by atoms with E-state index in [-0.39, 0.29) is 5.82 Å². The van der Waals surface area contributed by atoms with Gasteiger partial charge < -0.3 is 4.74 Å². The van der Waals surface area contributed by atoms with Crippen LogP contribution in [0.15, 0.2) is 36.5 Å². The number of hydrogen-bond acceptors (Lipinski definition) is 2. The molecule has 0 amide bonds. The third kappa shape index (κ3) is 3.44. The first-order chi connectivity index (χ1) is 9.60. The van der Waals surface area contributed by atoms with Gasteiger partial charge in [-0.15, -0.1) is 0 Å². The lowest BCUT2D eigenvalue weighted by atomic mass is 10.1. The predicted molar refractivity (Wildman–Crippen MR) is 80.2 cm³/mol. The molecule has 2 nitrogen and oxygen atoms in total. The quantitative estimate of drug-likeness (QED) is 0.815. The summed E-state index contributed by atoms with van der Waals surface area (Å²) < 4.78 is 18.4. The van der Waals surface area contributed by atoms with Crippen LogP contribution in [0.5, 0.6) is 5.75 Å². The van der Waals surface area contributed by atoms with Crippen LogP contribution < -0.4 is 4.74 Å². The molecule has 0 saturated heterocycles. The molecule has 0 aliphatic heterocycles. The lowest BCUT2D eigenvalue weighted by molar-refractivity contribution is 0.404. The molecule has 104 valence electrons. The highest BCUT2D eigenvalue weighted by atomic mass is 19.1. The average molecular weight is 271 g/mol. The molecule has 2 aromatic rings. The smallest absolute Gasteiger partial charge is 0.141 e. The van der Waals surface area contributed by atoms with Gasteiger partial charge in [-0.25, -0.2) is 4.39 Å². The summed E-state index contributed by atoms with van der Waals surface area (Å²) in [5.74, 6) is 0.852. The molecule has 0 spiro atoms. The second-order valence-electron chi connectivity index (χ2n) is 4.90. The van der Waals surface area contributed by atoms with Gasteiger partial charge in [-0.05, 0) is 35.2 Å². The van der Waals surface area contributed by atoms with Crippen LogP contribution in [0.3, 0.4) is 0 Å². The number of halogens is 1. The van der Waals surface area contributed by atoms with E-state index in [2.05, 4.69) is 18.8 Å². The molecule has 0 atom stereocenters. The zero-order valence-electron chi connectivity index (χ0n) is 11.9. The van der Waals surface area contributed by atoms with Crippen LogP contribution in [0.2, 0.25) is 0 Å². The van der Waals surface area contributed by atoms with E-state index in [0.29, 0.717) is 5.92 Å². The number of benzene rings is 1. The molecule has 1 heterocycles. The van der Waals surface area contributed by atoms with Gasteiger partial charge in [0.05, 0.1) is 12.8 Å². The Labute approximate surface area is 118 Å². The monoisotopic (exact) mass is 271 g/mol. The zero-order valence-corrected chi connectivity index (χ0v) is 11.9. The first kappa shape index (κ1) is 14.3. The van der Waals surface area contributed by atoms with Crippen LogP contribution in [0.4, 0.5) is 4.39 Å². The van der Waals surface area contributed by atoms with Crippen molar-refractivity contribution in [1.29, 1.82) is 0 Å². The largest absolute Gasteiger partial charge is 0.495 e. The molecule has 0 aliphatic carbocycles. The summed E-state index contributed by atoms with van der Waals surface area (Å²) in [6.45, 7) is 4.15. The Kier molecular flexibility index (Phi) is 4.51. The molecular formula is C17H18FNO. The van der Waals surface area contributed by atoms with Crippen molar-refractivity contribution in [3.8, 4) is 5.75 Å². The molecule has 0 aliphatic rings. The summed E-state index contributed by atoms with van der Waals surface area (Å²) in [6.07, 6.45) is 5.55. The Hall–Kier alpha value is -2.16. The van der Waals surface area contributed by atoms with Crippen LogP contribution in [0, 0.1) is 5.82 Å². The third-order valence-electron chi connectivity index (χ3n) is 2.99. The number of pyridine rings is 1. The Morgan fingerprint density at radius 2 is 1.90 bits per heavy atom. The van der Waals surface area contributed by atoms with Gasteiger partial charge in [-0.2, -0.15) is 0 Å². The number of methoxy groups -OCH3 is 1. The summed E-state index contributed by atoms with van der Waals surface area (Å²) >= 11 is 0. The molecule has 20 heavy (non-hydrogen) atoms. The number of ether oxygens (including phenoxy) is 1. The highest BCUT2D eigenvalue weighted by Gasteiger charge is 2.08. The van der Waals surface area contributed by atoms with E-state index in [1.807, 2.05) is 24.3 Å². The topological polar surface area (TPSA) is 22.1 Å². The van der Waals surface area contributed by atoms with Gasteiger partial charge in [0.2, 0.25) is 0 Å². The summed E-state index contributed by atoms with van der Waals surface area (Å²) in [5, 5.41) is 0. The first-order valence-electron chi connectivity index (χ1n) is 6.57. The molecule has 1 aromatic heterocycles. The maximum Gasteiger partial charge on any atom is 0.141 e. The molecule has 0 unspecified atom stereocenters. The van der Waals surface area contributed by atoms with E-state index in [9.17, 15) is 4.39 Å². The van der Waals surface area contributed by atoms with Crippen molar-refractivity contribution < 1.29 is 9.13 Å². The van der Waals surface area contributed by atoms with Crippen LogP contribution >= 0.6 is 0 Å². The van der Waals surface area contributed by atoms with E-state index >= 15 is 0 Å². The summed E-state index contributed by atoms with van der Waals surface area (Å²) in [5.41, 5.74) is 2.68. The van der Waals surface area contributed by atoms with Crippen molar-refractivity contribution in [3.05, 3.63) is 59.2 Å². The number of aromatic nitrogens is 1. The van der Waals surface area contributed by atoms with Gasteiger partial charge in [0.1, 0.15) is 11.6 Å². The van der Waals surface area contributed by atoms with Crippen molar-refractivity contribution in [2.24, 2.45) is 0 Å². The van der Waals surface area contributed by atoms with Gasteiger partial charge in [0, 0.05) is 6.20 Å². The summed E-state index contributed by atoms with van der Waals surface area (Å²) in [6, 6.07) is 8.41. The first-order valence-corrected chi connectivity index (χ1v) is 6.57. The molecule has 0 bridgehead atoms. The van der Waals surface area contributed by atoms with Crippen LogP contribution in [0.1, 0.15) is 36.6 Å². The molecule has 0 saturated carbocycles. The van der Waals surface area contributed by atoms with Crippen molar-refractivity contribution >= 4 is 12.2 Å². The highest BCUT2D eigenvalue weighted by Crippen LogP contribution is 2.25. The Bertz CT molecular complexity index is 620. The number of hydrogen-bond donors (Lipinski definition) is 0. The molecule has 0 N–H and O–H groups in total. The second-order valence-corrected chi connectivity index (χ2v) is 4.90. The third-order valence-corrected chi connectivity index (χ3v) is 2.99. The zero-order chi connectivity index (χ0) is 14.5. The van der Waals surface area contributed by atoms with E-state index in [0.717, 1.165) is 22.6 Å². The molecule has 2 rings (SSSR count). The van der Waals surface area contributed by atoms with Crippen molar-refractivity contribution in [3.63, 3.8) is 0 Å². The molecule has 0 fully saturated rings. The van der Waals surface area contributed by atoms with E-state index in [4.69, 9.17) is 4.74 Å². The van der Waals surface area contributed by atoms with E-state index in [1.165, 1.54) is 12.1 Å². The normalized spacial score (nSPS) is 11.2. The molecule has 0 radical (unpaired) electrons. The van der Waals surface area contributed by atoms with Crippen LogP contribution in [-0.2, 0) is 0 Å². The van der Waals surface area contributed by atoms with Gasteiger partial charge in [0.25, 0.3) is 0 Å². The van der Waals surface area contributed by atoms with E-state index in [1.54, 1.807) is 19.4 Å². The Morgan fingerprint density at radius 1 is 1.15 bits per heavy atom. The minimum atomic E-state index is -0.238. The Balaban J connectivity index is 2.26. The fraction of sp³-hybridized carbons (Fsp3) is 0.235. The summed E-state index contributed by atoms with van der Waals surface area (Å²) in [4.78, 5) is 4.43. The second kappa shape index (κ2) is 6.33. The summed E-state index contributed by atoms with van der Waals surface area (Å²) in [7, 11) is 1.64. The fourth-order valence-corrected chi connectivity index (χ4v) is 1.96. The number of rotatable bonds is 4. The predicted octanol–water partition coefficient (Wildman–Crippen LogP) is 4.52. The molecule has 1 aromatic carbocycles. The minimum Gasteiger partial charge on any atom is -0.495 e. The lowest BCUT2D eigenvalue weighted by Gasteiger charge is -2.10. The van der Waals surface area contributed by atoms with Crippen molar-refractivity contribution in [1.82, 2.24) is 4.98 Å². The number of nitrogens with zero attached hydrogens (tertiary/aromatic N) is 1. The average Bonchev–Trinajstić information content (AvgIpc) is 2.44. The molecule has 3 heteroatoms. The van der Waals surface area contributed by atoms with Crippen molar-refractivity contribution in [2.75, 3.05) is 7.11 Å². The van der Waals surface area contributed by atoms with E-state index < -0.39 is 0 Å². The Morgan fingerprint density at radius 3 is 2.55 bits per heavy atom. The maximum atomic E-state index is 13.1. The van der Waals surface area contributed by atoms with Crippen molar-refractivity contribution in [2.45, 2.75) is 19.8 Å². The maximum absolute atomic E-state index is 13.1. The highest BCUT2D eigenvalue weighted by molar-refractivity contribution is 5.69. The SMILES string of the molecule is COc1cc(/C=C/c2cccc(F)c2)cnc1C(C)C. The van der Waals surface area contributed by atoms with Crippen LogP contribution in [0.25, 0.3) is 12.2 Å². The van der Waals surface area contributed by atoms with Gasteiger partial charge in [0.15, 0.2) is 0 Å². The fourth-order valence-electron chi connectivity index (χ4n) is 1.96. The van der Waals surface area contributed by atoms with Crippen LogP contribution in [-0.4, -0.2) is 12.1 Å². The lowest BCUT2D eigenvalue weighted by Crippen LogP contribution is -1.98. The van der Waals surface area contributed by atoms with Gasteiger partial charge in [-0.1, -0.05) is 38.1 Å². The standard InChI is InChI=1S/C17H18FNO/c1-12(2)17-16(20-3)10-14(11-19-17)8-7-13-5-4-6-15(18)9-13/h4-12H,1-3H3/b8-7+. The van der Waals surface area contributed by atoms with Gasteiger partial charge in [-0.3, -0.25) is 4.98 Å².